The molecule has 1 fully saturated rings. The number of fused-ring (bicyclic) bond motifs is 3. The zero-order valence-electron chi connectivity index (χ0n) is 17.0. The van der Waals surface area contributed by atoms with Crippen LogP contribution in [0.1, 0.15) is 61.3 Å². The van der Waals surface area contributed by atoms with E-state index in [2.05, 4.69) is 32.3 Å². The van der Waals surface area contributed by atoms with E-state index in [0.29, 0.717) is 22.7 Å². The molecule has 1 aliphatic heterocycles. The van der Waals surface area contributed by atoms with Crippen LogP contribution in [0.3, 0.4) is 0 Å². The molecule has 0 spiro atoms. The highest BCUT2D eigenvalue weighted by Gasteiger charge is 2.38. The standard InChI is InChI=1S/C21H22ClN7O2/c1-2-16-19-27-24-11-28(19)17-10-23-21(26-18(17)29(16)13-5-3-4-6-13)25-15-8-7-12(20(30)31)9-14(15)22/h7-11,13,16H,2-6H2,1H3,(H,30,31)(H,23,25,26)/t16-/m1/s1. The molecule has 1 aromatic carbocycles. The maximum Gasteiger partial charge on any atom is 0.335 e. The normalized spacial score (nSPS) is 18.0. The molecule has 5 rings (SSSR count). The highest BCUT2D eigenvalue weighted by atomic mass is 35.5. The van der Waals surface area contributed by atoms with Gasteiger partial charge in [0.15, 0.2) is 11.6 Å². The first-order valence-corrected chi connectivity index (χ1v) is 10.8. The molecule has 2 aromatic heterocycles. The minimum atomic E-state index is -1.03. The van der Waals surface area contributed by atoms with Crippen LogP contribution in [0, 0.1) is 0 Å². The van der Waals surface area contributed by atoms with Gasteiger partial charge in [0.2, 0.25) is 5.95 Å². The molecule has 1 atom stereocenters. The summed E-state index contributed by atoms with van der Waals surface area (Å²) in [6, 6.07) is 5.02. The Balaban J connectivity index is 1.55. The summed E-state index contributed by atoms with van der Waals surface area (Å²) in [6.07, 6.45) is 9.04. The van der Waals surface area contributed by atoms with Crippen molar-refractivity contribution in [2.75, 3.05) is 10.2 Å². The fraction of sp³-hybridized carbons (Fsp3) is 0.381. The lowest BCUT2D eigenvalue weighted by Gasteiger charge is -2.40. The lowest BCUT2D eigenvalue weighted by Crippen LogP contribution is -2.42. The van der Waals surface area contributed by atoms with Gasteiger partial charge in [0.1, 0.15) is 12.0 Å². The van der Waals surface area contributed by atoms with E-state index in [1.54, 1.807) is 18.6 Å². The monoisotopic (exact) mass is 439 g/mol. The minimum Gasteiger partial charge on any atom is -0.478 e. The van der Waals surface area contributed by atoms with Crippen LogP contribution in [0.15, 0.2) is 30.7 Å². The molecule has 0 unspecified atom stereocenters. The molecule has 1 saturated carbocycles. The Hall–Kier alpha value is -3.20. The molecule has 0 bridgehead atoms. The number of hydrogen-bond acceptors (Lipinski definition) is 7. The molecule has 10 heteroatoms. The smallest absolute Gasteiger partial charge is 0.335 e. The largest absolute Gasteiger partial charge is 0.478 e. The summed E-state index contributed by atoms with van der Waals surface area (Å²) in [4.78, 5) is 22.9. The first-order chi connectivity index (χ1) is 15.1. The van der Waals surface area contributed by atoms with Gasteiger partial charge in [-0.3, -0.25) is 4.57 Å². The number of aromatic carboxylic acids is 1. The number of halogens is 1. The number of rotatable bonds is 5. The van der Waals surface area contributed by atoms with E-state index in [1.165, 1.54) is 25.0 Å². The van der Waals surface area contributed by atoms with Crippen molar-refractivity contribution < 1.29 is 9.90 Å². The number of hydrogen-bond donors (Lipinski definition) is 2. The molecule has 1 aliphatic carbocycles. The number of benzene rings is 1. The maximum absolute atomic E-state index is 11.2. The van der Waals surface area contributed by atoms with Crippen LogP contribution >= 0.6 is 11.6 Å². The number of carboxylic acid groups (broad SMARTS) is 1. The Bertz CT molecular complexity index is 1140. The number of anilines is 3. The summed E-state index contributed by atoms with van der Waals surface area (Å²) in [5, 5.41) is 21.1. The topological polar surface area (TPSA) is 109 Å². The van der Waals surface area contributed by atoms with Crippen LogP contribution in [0.4, 0.5) is 17.5 Å². The van der Waals surface area contributed by atoms with Crippen molar-refractivity contribution in [3.8, 4) is 5.69 Å². The van der Waals surface area contributed by atoms with Crippen molar-refractivity contribution in [3.63, 3.8) is 0 Å². The second-order valence-electron chi connectivity index (χ2n) is 7.86. The molecule has 31 heavy (non-hydrogen) atoms. The van der Waals surface area contributed by atoms with Crippen LogP contribution in [0.5, 0.6) is 0 Å². The Morgan fingerprint density at radius 3 is 2.84 bits per heavy atom. The molecule has 3 aromatic rings. The van der Waals surface area contributed by atoms with Gasteiger partial charge in [0.25, 0.3) is 0 Å². The molecule has 2 aliphatic rings. The highest BCUT2D eigenvalue weighted by molar-refractivity contribution is 6.33. The van der Waals surface area contributed by atoms with Gasteiger partial charge >= 0.3 is 5.97 Å². The predicted octanol–water partition coefficient (Wildman–Crippen LogP) is 4.37. The van der Waals surface area contributed by atoms with Gasteiger partial charge < -0.3 is 15.3 Å². The second kappa shape index (κ2) is 7.81. The number of carboxylic acids is 1. The van der Waals surface area contributed by atoms with Crippen LogP contribution in [0.2, 0.25) is 5.02 Å². The van der Waals surface area contributed by atoms with Crippen molar-refractivity contribution in [2.45, 2.75) is 51.1 Å². The Morgan fingerprint density at radius 1 is 1.32 bits per heavy atom. The first kappa shape index (κ1) is 19.7. The summed E-state index contributed by atoms with van der Waals surface area (Å²) in [5.41, 5.74) is 1.53. The Morgan fingerprint density at radius 2 is 2.13 bits per heavy atom. The quantitative estimate of drug-likeness (QED) is 0.603. The second-order valence-corrected chi connectivity index (χ2v) is 8.26. The van der Waals surface area contributed by atoms with E-state index in [0.717, 1.165) is 36.6 Å². The highest BCUT2D eigenvalue weighted by Crippen LogP contribution is 2.42. The molecule has 3 heterocycles. The maximum atomic E-state index is 11.2. The third kappa shape index (κ3) is 3.38. The van der Waals surface area contributed by atoms with Crippen LogP contribution in [0.25, 0.3) is 5.69 Å². The van der Waals surface area contributed by atoms with Gasteiger partial charge in [-0.2, -0.15) is 4.98 Å². The average Bonchev–Trinajstić information content (AvgIpc) is 3.46. The van der Waals surface area contributed by atoms with Gasteiger partial charge in [-0.25, -0.2) is 9.78 Å². The first-order valence-electron chi connectivity index (χ1n) is 10.4. The van der Waals surface area contributed by atoms with E-state index in [9.17, 15) is 4.79 Å². The Labute approximate surface area is 184 Å². The molecule has 9 nitrogen and oxygen atoms in total. The molecule has 2 N–H and O–H groups in total. The lowest BCUT2D eigenvalue weighted by atomic mass is 10.0. The zero-order chi connectivity index (χ0) is 21.5. The summed E-state index contributed by atoms with van der Waals surface area (Å²) < 4.78 is 1.97. The van der Waals surface area contributed by atoms with Crippen LogP contribution < -0.4 is 10.2 Å². The van der Waals surface area contributed by atoms with Gasteiger partial charge in [-0.1, -0.05) is 31.4 Å². The third-order valence-electron chi connectivity index (χ3n) is 6.03. The average molecular weight is 440 g/mol. The Kier molecular flexibility index (Phi) is 4.97. The van der Waals surface area contributed by atoms with Crippen molar-refractivity contribution in [1.82, 2.24) is 24.7 Å². The lowest BCUT2D eigenvalue weighted by molar-refractivity contribution is 0.0697. The molecular formula is C21H22ClN7O2. The molecule has 160 valence electrons. The third-order valence-corrected chi connectivity index (χ3v) is 6.34. The van der Waals surface area contributed by atoms with E-state index in [4.69, 9.17) is 21.7 Å². The van der Waals surface area contributed by atoms with E-state index in [1.807, 2.05) is 4.57 Å². The molecule has 0 saturated heterocycles. The molecular weight excluding hydrogens is 418 g/mol. The van der Waals surface area contributed by atoms with Crippen molar-refractivity contribution in [3.05, 3.63) is 47.1 Å². The summed E-state index contributed by atoms with van der Waals surface area (Å²) in [6.45, 7) is 2.15. The zero-order valence-corrected chi connectivity index (χ0v) is 17.7. The van der Waals surface area contributed by atoms with Crippen LogP contribution in [-0.2, 0) is 0 Å². The summed E-state index contributed by atoms with van der Waals surface area (Å²) in [5.74, 6) is 1.14. The summed E-state index contributed by atoms with van der Waals surface area (Å²) >= 11 is 6.28. The van der Waals surface area contributed by atoms with Gasteiger partial charge in [0.05, 0.1) is 28.5 Å². The van der Waals surface area contributed by atoms with Crippen molar-refractivity contribution >= 4 is 35.0 Å². The minimum absolute atomic E-state index is 0.0966. The number of carbonyl (C=O) groups is 1. The molecule has 0 radical (unpaired) electrons. The number of nitrogens with zero attached hydrogens (tertiary/aromatic N) is 6. The number of nitrogens with one attached hydrogen (secondary N) is 1. The fourth-order valence-electron chi connectivity index (χ4n) is 4.57. The van der Waals surface area contributed by atoms with Crippen molar-refractivity contribution in [2.24, 2.45) is 0 Å². The number of aromatic nitrogens is 5. The van der Waals surface area contributed by atoms with Gasteiger partial charge in [-0.15, -0.1) is 10.2 Å². The fourth-order valence-corrected chi connectivity index (χ4v) is 4.80. The molecule has 0 amide bonds. The van der Waals surface area contributed by atoms with Gasteiger partial charge in [0, 0.05) is 6.04 Å². The van der Waals surface area contributed by atoms with Crippen molar-refractivity contribution in [1.29, 1.82) is 0 Å². The van der Waals surface area contributed by atoms with Crippen LogP contribution in [-0.4, -0.2) is 41.9 Å². The SMILES string of the molecule is CC[C@@H]1c2nncn2-c2cnc(Nc3ccc(C(=O)O)cc3Cl)nc2N1C1CCCC1. The van der Waals surface area contributed by atoms with E-state index < -0.39 is 5.97 Å². The summed E-state index contributed by atoms with van der Waals surface area (Å²) in [7, 11) is 0. The van der Waals surface area contributed by atoms with E-state index >= 15 is 0 Å². The van der Waals surface area contributed by atoms with Gasteiger partial charge in [-0.05, 0) is 37.5 Å². The predicted molar refractivity (Wildman–Crippen MR) is 116 cm³/mol. The van der Waals surface area contributed by atoms with E-state index in [-0.39, 0.29) is 11.6 Å².